The van der Waals surface area contributed by atoms with Crippen LogP contribution >= 0.6 is 0 Å². The Morgan fingerprint density at radius 3 is 2.79 bits per heavy atom. The molecule has 1 fully saturated rings. The molecule has 0 saturated carbocycles. The molecule has 1 unspecified atom stereocenters. The van der Waals surface area contributed by atoms with E-state index in [1.54, 1.807) is 0 Å². The number of hydrogen-bond acceptors (Lipinski definition) is 5. The fourth-order valence-corrected chi connectivity index (χ4v) is 4.26. The average molecular weight is 379 g/mol. The number of imidazole rings is 1. The van der Waals surface area contributed by atoms with Gasteiger partial charge in [0, 0.05) is 48.7 Å². The van der Waals surface area contributed by atoms with Crippen molar-refractivity contribution in [2.45, 2.75) is 38.6 Å². The van der Waals surface area contributed by atoms with Crippen LogP contribution in [0.15, 0.2) is 36.7 Å². The lowest BCUT2D eigenvalue weighted by molar-refractivity contribution is 0.380. The van der Waals surface area contributed by atoms with Gasteiger partial charge in [-0.3, -0.25) is 0 Å². The summed E-state index contributed by atoms with van der Waals surface area (Å²) in [7, 11) is 4.25. The first-order valence-electron chi connectivity index (χ1n) is 10.3. The highest BCUT2D eigenvalue weighted by molar-refractivity contribution is 5.93. The lowest BCUT2D eigenvalue weighted by Crippen LogP contribution is -2.36. The first-order valence-corrected chi connectivity index (χ1v) is 10.3. The Morgan fingerprint density at radius 2 is 1.96 bits per heavy atom. The summed E-state index contributed by atoms with van der Waals surface area (Å²) in [6, 6.07) is 8.47. The highest BCUT2D eigenvalue weighted by Crippen LogP contribution is 2.32. The molecule has 1 aliphatic heterocycles. The van der Waals surface area contributed by atoms with Crippen molar-refractivity contribution in [3.05, 3.63) is 48.2 Å². The number of fused-ring (bicyclic) bond motifs is 1. The van der Waals surface area contributed by atoms with Gasteiger partial charge in [0.15, 0.2) is 5.82 Å². The quantitative estimate of drug-likeness (QED) is 0.657. The van der Waals surface area contributed by atoms with Crippen LogP contribution in [-0.2, 0) is 6.54 Å². The summed E-state index contributed by atoms with van der Waals surface area (Å²) in [6.07, 6.45) is 7.55. The van der Waals surface area contributed by atoms with Crippen LogP contribution in [0.3, 0.4) is 0 Å². The Balaban J connectivity index is 1.55. The summed E-state index contributed by atoms with van der Waals surface area (Å²) in [5, 5.41) is 11.4. The average Bonchev–Trinajstić information content (AvgIpc) is 3.17. The molecule has 0 radical (unpaired) electrons. The molecule has 0 amide bonds. The predicted octanol–water partition coefficient (Wildman–Crippen LogP) is 3.47. The molecule has 1 aromatic carbocycles. The summed E-state index contributed by atoms with van der Waals surface area (Å²) < 4.78 is 2.34. The summed E-state index contributed by atoms with van der Waals surface area (Å²) in [5.41, 5.74) is 0.990. The zero-order valence-corrected chi connectivity index (χ0v) is 17.2. The summed E-state index contributed by atoms with van der Waals surface area (Å²) >= 11 is 0. The van der Waals surface area contributed by atoms with E-state index in [-0.39, 0.29) is 0 Å². The third kappa shape index (κ3) is 3.87. The van der Waals surface area contributed by atoms with Gasteiger partial charge in [-0.2, -0.15) is 5.10 Å². The van der Waals surface area contributed by atoms with Gasteiger partial charge < -0.3 is 14.4 Å². The van der Waals surface area contributed by atoms with Crippen LogP contribution in [0.2, 0.25) is 0 Å². The number of benzene rings is 1. The van der Waals surface area contributed by atoms with Gasteiger partial charge in [0.05, 0.1) is 5.69 Å². The van der Waals surface area contributed by atoms with Crippen molar-refractivity contribution >= 4 is 16.6 Å². The third-order valence-electron chi connectivity index (χ3n) is 5.69. The molecule has 1 saturated heterocycles. The van der Waals surface area contributed by atoms with Crippen molar-refractivity contribution < 1.29 is 0 Å². The molecule has 0 bridgehead atoms. The van der Waals surface area contributed by atoms with E-state index < -0.39 is 0 Å². The molecule has 0 aliphatic carbocycles. The van der Waals surface area contributed by atoms with E-state index >= 15 is 0 Å². The Morgan fingerprint density at radius 1 is 1.14 bits per heavy atom. The normalized spacial score (nSPS) is 17.6. The van der Waals surface area contributed by atoms with E-state index in [4.69, 9.17) is 4.98 Å². The van der Waals surface area contributed by atoms with Gasteiger partial charge in [-0.25, -0.2) is 4.98 Å². The standard InChI is InChI=1S/C22H30N6/c1-17-19-9-4-5-10-20(19)22(25-24-17)28-13-6-8-18(16-28)21-23-11-15-27(21)14-7-12-26(2)3/h4-5,9-11,15,18H,6-8,12-14,16H2,1-3H3. The van der Waals surface area contributed by atoms with Crippen LogP contribution in [-0.4, -0.2) is 58.4 Å². The molecule has 28 heavy (non-hydrogen) atoms. The van der Waals surface area contributed by atoms with Gasteiger partial charge in [0.1, 0.15) is 5.82 Å². The first-order chi connectivity index (χ1) is 13.6. The van der Waals surface area contributed by atoms with Crippen molar-refractivity contribution in [2.75, 3.05) is 38.6 Å². The lowest BCUT2D eigenvalue weighted by atomic mass is 9.96. The smallest absolute Gasteiger partial charge is 0.159 e. The first kappa shape index (κ1) is 18.9. The molecule has 148 valence electrons. The second-order valence-electron chi connectivity index (χ2n) is 8.08. The molecule has 6 nitrogen and oxygen atoms in total. The fraction of sp³-hybridized carbons (Fsp3) is 0.500. The second kappa shape index (κ2) is 8.27. The molecule has 4 rings (SSSR count). The van der Waals surface area contributed by atoms with Crippen molar-refractivity contribution in [2.24, 2.45) is 0 Å². The van der Waals surface area contributed by atoms with Gasteiger partial charge in [-0.1, -0.05) is 24.3 Å². The zero-order chi connectivity index (χ0) is 19.5. The van der Waals surface area contributed by atoms with E-state index in [2.05, 4.69) is 69.1 Å². The number of aromatic nitrogens is 4. The SMILES string of the molecule is Cc1nnc(N2CCCC(c3nccn3CCCN(C)C)C2)c2ccccc12. The molecule has 0 N–H and O–H groups in total. The molecule has 6 heteroatoms. The van der Waals surface area contributed by atoms with Gasteiger partial charge in [-0.15, -0.1) is 5.10 Å². The maximum absolute atomic E-state index is 4.73. The van der Waals surface area contributed by atoms with Crippen LogP contribution in [0.1, 0.15) is 36.7 Å². The molecule has 0 spiro atoms. The van der Waals surface area contributed by atoms with Crippen molar-refractivity contribution in [3.63, 3.8) is 0 Å². The van der Waals surface area contributed by atoms with E-state index in [1.165, 1.54) is 23.0 Å². The topological polar surface area (TPSA) is 50.1 Å². The summed E-state index contributed by atoms with van der Waals surface area (Å²) in [4.78, 5) is 9.37. The Kier molecular flexibility index (Phi) is 5.57. The molecular weight excluding hydrogens is 348 g/mol. The summed E-state index contributed by atoms with van der Waals surface area (Å²) in [6.45, 7) is 6.13. The van der Waals surface area contributed by atoms with Crippen molar-refractivity contribution in [1.82, 2.24) is 24.6 Å². The number of hydrogen-bond donors (Lipinski definition) is 0. The van der Waals surface area contributed by atoms with E-state index in [1.807, 2.05) is 13.1 Å². The zero-order valence-electron chi connectivity index (χ0n) is 17.2. The lowest BCUT2D eigenvalue weighted by Gasteiger charge is -2.34. The van der Waals surface area contributed by atoms with Gasteiger partial charge >= 0.3 is 0 Å². The largest absolute Gasteiger partial charge is 0.354 e. The van der Waals surface area contributed by atoms with Crippen LogP contribution in [0.25, 0.3) is 10.8 Å². The predicted molar refractivity (Wildman–Crippen MR) is 114 cm³/mol. The minimum atomic E-state index is 0.435. The monoisotopic (exact) mass is 378 g/mol. The van der Waals surface area contributed by atoms with E-state index in [0.29, 0.717) is 5.92 Å². The van der Waals surface area contributed by atoms with Crippen LogP contribution in [0.4, 0.5) is 5.82 Å². The van der Waals surface area contributed by atoms with Crippen molar-refractivity contribution in [1.29, 1.82) is 0 Å². The Labute approximate surface area is 167 Å². The van der Waals surface area contributed by atoms with E-state index in [0.717, 1.165) is 50.5 Å². The van der Waals surface area contributed by atoms with Crippen LogP contribution in [0.5, 0.6) is 0 Å². The Hall–Kier alpha value is -2.47. The minimum Gasteiger partial charge on any atom is -0.354 e. The van der Waals surface area contributed by atoms with Gasteiger partial charge in [-0.05, 0) is 46.8 Å². The number of anilines is 1. The molecule has 3 aromatic rings. The maximum Gasteiger partial charge on any atom is 0.159 e. The number of aryl methyl sites for hydroxylation is 2. The molecule has 3 heterocycles. The minimum absolute atomic E-state index is 0.435. The Bertz CT molecular complexity index is 932. The van der Waals surface area contributed by atoms with Crippen molar-refractivity contribution in [3.8, 4) is 0 Å². The fourth-order valence-electron chi connectivity index (χ4n) is 4.26. The van der Waals surface area contributed by atoms with E-state index in [9.17, 15) is 0 Å². The van der Waals surface area contributed by atoms with Gasteiger partial charge in [0.2, 0.25) is 0 Å². The second-order valence-corrected chi connectivity index (χ2v) is 8.08. The maximum atomic E-state index is 4.73. The third-order valence-corrected chi connectivity index (χ3v) is 5.69. The molecule has 1 aliphatic rings. The highest BCUT2D eigenvalue weighted by Gasteiger charge is 2.26. The summed E-state index contributed by atoms with van der Waals surface area (Å²) in [5.74, 6) is 2.66. The number of nitrogens with zero attached hydrogens (tertiary/aromatic N) is 6. The van der Waals surface area contributed by atoms with Crippen LogP contribution < -0.4 is 4.90 Å². The molecule has 1 atom stereocenters. The van der Waals surface area contributed by atoms with Crippen LogP contribution in [0, 0.1) is 6.92 Å². The number of piperidine rings is 1. The molecule has 2 aromatic heterocycles. The highest BCUT2D eigenvalue weighted by atomic mass is 15.3. The van der Waals surface area contributed by atoms with Gasteiger partial charge in [0.25, 0.3) is 0 Å². The number of rotatable bonds is 6. The molecular formula is C22H30N6.